The zero-order valence-electron chi connectivity index (χ0n) is 8.53. The lowest BCUT2D eigenvalue weighted by Gasteiger charge is -2.17. The van der Waals surface area contributed by atoms with E-state index in [2.05, 4.69) is 16.4 Å². The molecule has 1 aliphatic heterocycles. The summed E-state index contributed by atoms with van der Waals surface area (Å²) in [6.45, 7) is 0.748. The summed E-state index contributed by atoms with van der Waals surface area (Å²) in [5, 5.41) is 3.82. The number of aromatic nitrogens is 1. The van der Waals surface area contributed by atoms with Crippen molar-refractivity contribution in [1.82, 2.24) is 10.3 Å². The van der Waals surface area contributed by atoms with Crippen LogP contribution in [0.15, 0.2) is 30.2 Å². The molecule has 1 aromatic heterocycles. The quantitative estimate of drug-likeness (QED) is 0.856. The average Bonchev–Trinajstić information content (AvgIpc) is 2.75. The van der Waals surface area contributed by atoms with Crippen LogP contribution in [-0.2, 0) is 4.74 Å². The lowest BCUT2D eigenvalue weighted by atomic mass is 10.1. The molecule has 1 N–H and O–H groups in total. The molecule has 0 saturated heterocycles. The van der Waals surface area contributed by atoms with E-state index < -0.39 is 0 Å². The highest BCUT2D eigenvalue weighted by Gasteiger charge is 2.22. The Kier molecular flexibility index (Phi) is 3.23. The molecule has 1 atom stereocenters. The van der Waals surface area contributed by atoms with Crippen LogP contribution in [0.5, 0.6) is 0 Å². The van der Waals surface area contributed by atoms with E-state index in [4.69, 9.17) is 16.3 Å². The third-order valence-corrected chi connectivity index (χ3v) is 2.69. The van der Waals surface area contributed by atoms with Gasteiger partial charge in [-0.1, -0.05) is 11.6 Å². The molecule has 4 heteroatoms. The molecule has 0 aliphatic carbocycles. The molecule has 0 aromatic carbocycles. The van der Waals surface area contributed by atoms with Crippen LogP contribution in [0.4, 0.5) is 0 Å². The molecule has 0 amide bonds. The Hall–Kier alpha value is -1.06. The smallest absolute Gasteiger partial charge is 0.115 e. The van der Waals surface area contributed by atoms with Gasteiger partial charge in [0.25, 0.3) is 0 Å². The number of pyridine rings is 1. The highest BCUT2D eigenvalue weighted by molar-refractivity contribution is 6.31. The van der Waals surface area contributed by atoms with Gasteiger partial charge in [0.1, 0.15) is 11.8 Å². The first-order valence-corrected chi connectivity index (χ1v) is 5.31. The Labute approximate surface area is 94.1 Å². The minimum Gasteiger partial charge on any atom is -0.496 e. The predicted molar refractivity (Wildman–Crippen MR) is 59.7 cm³/mol. The second-order valence-corrected chi connectivity index (χ2v) is 3.74. The molecule has 2 heterocycles. The minimum absolute atomic E-state index is 0.0406. The fourth-order valence-corrected chi connectivity index (χ4v) is 1.89. The number of likely N-dealkylation sites (N-methyl/N-ethyl adjacent to an activating group) is 1. The molecule has 0 fully saturated rings. The highest BCUT2D eigenvalue weighted by Crippen LogP contribution is 2.28. The standard InChI is InChI=1S/C11H13ClN2O/c1-13-11(9-5-3-7-15-9)10-8(12)4-2-6-14-10/h2,4-6,11,13H,3,7H2,1H3. The zero-order valence-corrected chi connectivity index (χ0v) is 9.29. The largest absolute Gasteiger partial charge is 0.496 e. The van der Waals surface area contributed by atoms with Crippen molar-refractivity contribution < 1.29 is 4.74 Å². The van der Waals surface area contributed by atoms with E-state index in [-0.39, 0.29) is 6.04 Å². The molecule has 0 radical (unpaired) electrons. The summed E-state index contributed by atoms with van der Waals surface area (Å²) in [5.74, 6) is 0.915. The number of halogens is 1. The molecule has 1 aromatic rings. The van der Waals surface area contributed by atoms with Crippen molar-refractivity contribution in [3.05, 3.63) is 40.9 Å². The van der Waals surface area contributed by atoms with Crippen molar-refractivity contribution in [2.24, 2.45) is 0 Å². The third-order valence-electron chi connectivity index (χ3n) is 2.37. The van der Waals surface area contributed by atoms with Gasteiger partial charge in [-0.2, -0.15) is 0 Å². The number of rotatable bonds is 3. The van der Waals surface area contributed by atoms with Crippen molar-refractivity contribution in [3.63, 3.8) is 0 Å². The molecule has 1 aliphatic rings. The first kappa shape index (κ1) is 10.5. The van der Waals surface area contributed by atoms with Gasteiger partial charge in [0.2, 0.25) is 0 Å². The van der Waals surface area contributed by atoms with Crippen LogP contribution < -0.4 is 5.32 Å². The summed E-state index contributed by atoms with van der Waals surface area (Å²) in [5.41, 5.74) is 0.815. The summed E-state index contributed by atoms with van der Waals surface area (Å²) in [6.07, 6.45) is 4.77. The highest BCUT2D eigenvalue weighted by atomic mass is 35.5. The third kappa shape index (κ3) is 2.13. The number of nitrogens with zero attached hydrogens (tertiary/aromatic N) is 1. The Bertz CT molecular complexity index is 379. The Morgan fingerprint density at radius 1 is 1.60 bits per heavy atom. The molecule has 0 bridgehead atoms. The molecular weight excluding hydrogens is 212 g/mol. The van der Waals surface area contributed by atoms with Gasteiger partial charge in [-0.3, -0.25) is 4.98 Å². The Morgan fingerprint density at radius 2 is 2.47 bits per heavy atom. The van der Waals surface area contributed by atoms with Gasteiger partial charge in [-0.25, -0.2) is 0 Å². The first-order chi connectivity index (χ1) is 7.33. The van der Waals surface area contributed by atoms with Gasteiger partial charge in [0.05, 0.1) is 17.3 Å². The van der Waals surface area contributed by atoms with Crippen LogP contribution in [0.2, 0.25) is 5.02 Å². The van der Waals surface area contributed by atoms with E-state index in [0.29, 0.717) is 5.02 Å². The van der Waals surface area contributed by atoms with E-state index in [9.17, 15) is 0 Å². The second-order valence-electron chi connectivity index (χ2n) is 3.34. The molecule has 0 saturated carbocycles. The van der Waals surface area contributed by atoms with Crippen LogP contribution in [0.3, 0.4) is 0 Å². The second kappa shape index (κ2) is 4.64. The maximum atomic E-state index is 6.09. The number of ether oxygens (including phenoxy) is 1. The Balaban J connectivity index is 2.30. The lowest BCUT2D eigenvalue weighted by molar-refractivity contribution is 0.217. The molecule has 3 nitrogen and oxygen atoms in total. The molecular formula is C11H13ClN2O. The summed E-state index contributed by atoms with van der Waals surface area (Å²) >= 11 is 6.09. The van der Waals surface area contributed by atoms with E-state index in [1.807, 2.05) is 19.2 Å². The van der Waals surface area contributed by atoms with Crippen molar-refractivity contribution >= 4 is 11.6 Å². The number of hydrogen-bond acceptors (Lipinski definition) is 3. The summed E-state index contributed by atoms with van der Waals surface area (Å²) in [4.78, 5) is 4.28. The zero-order chi connectivity index (χ0) is 10.7. The SMILES string of the molecule is CNC(C1=CCCO1)c1ncccc1Cl. The van der Waals surface area contributed by atoms with Gasteiger partial charge in [-0.05, 0) is 25.3 Å². The lowest BCUT2D eigenvalue weighted by Crippen LogP contribution is -2.20. The fourth-order valence-electron chi connectivity index (χ4n) is 1.66. The number of nitrogens with one attached hydrogen (secondary N) is 1. The van der Waals surface area contributed by atoms with Gasteiger partial charge >= 0.3 is 0 Å². The topological polar surface area (TPSA) is 34.1 Å². The summed E-state index contributed by atoms with van der Waals surface area (Å²) < 4.78 is 5.52. The van der Waals surface area contributed by atoms with Crippen LogP contribution in [-0.4, -0.2) is 18.6 Å². The van der Waals surface area contributed by atoms with Crippen molar-refractivity contribution in [3.8, 4) is 0 Å². The molecule has 15 heavy (non-hydrogen) atoms. The predicted octanol–water partition coefficient (Wildman–Crippen LogP) is 2.30. The van der Waals surface area contributed by atoms with Crippen LogP contribution in [0.1, 0.15) is 18.2 Å². The van der Waals surface area contributed by atoms with Gasteiger partial charge in [0, 0.05) is 12.6 Å². The van der Waals surface area contributed by atoms with Crippen molar-refractivity contribution in [1.29, 1.82) is 0 Å². The van der Waals surface area contributed by atoms with Crippen molar-refractivity contribution in [2.75, 3.05) is 13.7 Å². The monoisotopic (exact) mass is 224 g/mol. The maximum Gasteiger partial charge on any atom is 0.115 e. The fraction of sp³-hybridized carbons (Fsp3) is 0.364. The van der Waals surface area contributed by atoms with Gasteiger partial charge < -0.3 is 10.1 Å². The van der Waals surface area contributed by atoms with Crippen molar-refractivity contribution in [2.45, 2.75) is 12.5 Å². The molecule has 0 spiro atoms. The summed E-state index contributed by atoms with van der Waals surface area (Å²) in [6, 6.07) is 3.62. The van der Waals surface area contributed by atoms with Gasteiger partial charge in [0.15, 0.2) is 0 Å². The van der Waals surface area contributed by atoms with Gasteiger partial charge in [-0.15, -0.1) is 0 Å². The number of hydrogen-bond donors (Lipinski definition) is 1. The van der Waals surface area contributed by atoms with Crippen LogP contribution in [0, 0.1) is 0 Å². The van der Waals surface area contributed by atoms with Crippen LogP contribution in [0.25, 0.3) is 0 Å². The molecule has 80 valence electrons. The molecule has 2 rings (SSSR count). The van der Waals surface area contributed by atoms with Crippen LogP contribution >= 0.6 is 11.6 Å². The first-order valence-electron chi connectivity index (χ1n) is 4.93. The average molecular weight is 225 g/mol. The molecule has 1 unspecified atom stereocenters. The Morgan fingerprint density at radius 3 is 3.07 bits per heavy atom. The van der Waals surface area contributed by atoms with E-state index >= 15 is 0 Å². The van der Waals surface area contributed by atoms with E-state index in [0.717, 1.165) is 24.5 Å². The normalized spacial score (nSPS) is 17.1. The van der Waals surface area contributed by atoms with E-state index in [1.54, 1.807) is 6.20 Å². The maximum absolute atomic E-state index is 6.09. The summed E-state index contributed by atoms with van der Waals surface area (Å²) in [7, 11) is 1.87. The minimum atomic E-state index is -0.0406. The van der Waals surface area contributed by atoms with E-state index in [1.165, 1.54) is 0 Å².